The monoisotopic (exact) mass is 664 g/mol. The highest BCUT2D eigenvalue weighted by molar-refractivity contribution is 5.92. The molecule has 2 aromatic carbocycles. The molecule has 5 N–H and O–H groups in total. The number of imidazole rings is 1. The second-order valence-corrected chi connectivity index (χ2v) is 15.7. The first-order valence-electron chi connectivity index (χ1n) is 17.7. The molecular weight excluding hydrogens is 616 g/mol. The van der Waals surface area contributed by atoms with Gasteiger partial charge in [0.05, 0.1) is 0 Å². The summed E-state index contributed by atoms with van der Waals surface area (Å²) in [7, 11) is 0. The lowest BCUT2D eigenvalue weighted by Gasteiger charge is -2.56. The summed E-state index contributed by atoms with van der Waals surface area (Å²) in [4.78, 5) is 52.7. The highest BCUT2D eigenvalue weighted by atomic mass is 16.6. The lowest BCUT2D eigenvalue weighted by Crippen LogP contribution is -2.55. The van der Waals surface area contributed by atoms with E-state index in [2.05, 4.69) is 25.9 Å². The van der Waals surface area contributed by atoms with Gasteiger partial charge in [-0.2, -0.15) is 0 Å². The molecule has 4 saturated carbocycles. The van der Waals surface area contributed by atoms with Crippen molar-refractivity contribution in [1.29, 1.82) is 0 Å². The zero-order valence-corrected chi connectivity index (χ0v) is 28.7. The predicted octanol–water partition coefficient (Wildman–Crippen LogP) is 5.84. The maximum atomic E-state index is 14.1. The van der Waals surface area contributed by atoms with Gasteiger partial charge in [0.2, 0.25) is 11.8 Å². The Hall–Kier alpha value is -4.60. The molecule has 10 nitrogen and oxygen atoms in total. The van der Waals surface area contributed by atoms with Gasteiger partial charge >= 0.3 is 6.09 Å². The number of fused-ring (bicyclic) bond motifs is 1. The van der Waals surface area contributed by atoms with Gasteiger partial charge in [0.1, 0.15) is 23.5 Å². The minimum absolute atomic E-state index is 0.0864. The molecule has 2 aromatic heterocycles. The number of carbonyl (C=O) groups excluding carboxylic acids is 3. The van der Waals surface area contributed by atoms with E-state index in [-0.39, 0.29) is 24.2 Å². The normalized spacial score (nSPS) is 23.9. The van der Waals surface area contributed by atoms with Gasteiger partial charge in [-0.15, -0.1) is 0 Å². The Morgan fingerprint density at radius 2 is 1.53 bits per heavy atom. The van der Waals surface area contributed by atoms with Crippen LogP contribution in [-0.4, -0.2) is 50.5 Å². The van der Waals surface area contributed by atoms with Crippen LogP contribution in [0.2, 0.25) is 0 Å². The van der Waals surface area contributed by atoms with Crippen molar-refractivity contribution in [2.24, 2.45) is 17.8 Å². The van der Waals surface area contributed by atoms with E-state index in [4.69, 9.17) is 9.72 Å². The lowest BCUT2D eigenvalue weighted by atomic mass is 9.49. The van der Waals surface area contributed by atoms with Crippen LogP contribution in [0.15, 0.2) is 67.0 Å². The zero-order chi connectivity index (χ0) is 34.2. The number of hydrogen-bond acceptors (Lipinski definition) is 5. The van der Waals surface area contributed by atoms with E-state index >= 15 is 0 Å². The van der Waals surface area contributed by atoms with Gasteiger partial charge in [0.25, 0.3) is 0 Å². The first-order valence-corrected chi connectivity index (χ1v) is 17.7. The van der Waals surface area contributed by atoms with Gasteiger partial charge in [-0.3, -0.25) is 9.59 Å². The van der Waals surface area contributed by atoms with Crippen molar-refractivity contribution in [1.82, 2.24) is 30.9 Å². The lowest BCUT2D eigenvalue weighted by molar-refractivity contribution is -0.130. The number of alkyl carbamates (subject to hydrolysis) is 1. The Morgan fingerprint density at radius 3 is 2.22 bits per heavy atom. The molecule has 258 valence electrons. The SMILES string of the molecule is CC(C)(C)OC(=O)N[C@@H](Cc1c[nH]c2ccccc12)C(=O)N[C@@H](Cc1cnc(C23CC4CC(CC(C4)C2)C3)[nH]1)C(=O)NCc1ccccc1. The van der Waals surface area contributed by atoms with Gasteiger partial charge in [0, 0.05) is 53.8 Å². The average molecular weight is 665 g/mol. The van der Waals surface area contributed by atoms with Gasteiger partial charge in [-0.1, -0.05) is 48.5 Å². The van der Waals surface area contributed by atoms with Gasteiger partial charge < -0.3 is 30.7 Å². The number of amides is 3. The smallest absolute Gasteiger partial charge is 0.408 e. The standard InChI is InChI=1S/C39H48N6O4/c1-38(2,3)49-37(48)45-32(16-28-22-40-31-12-8-7-11-30(28)31)35(47)44-33(34(46)41-21-24-9-5-4-6-10-24)17-29-23-42-36(43-29)39-18-25-13-26(19-39)15-27(14-25)20-39/h4-12,22-23,25-27,32-33,40H,13-21H2,1-3H3,(H,41,46)(H,42,43)(H,44,47)(H,45,48)/t25?,26?,27?,32-,33-,39?/m0/s1. The average Bonchev–Trinajstić information content (AvgIpc) is 3.70. The molecule has 0 aliphatic heterocycles. The van der Waals surface area contributed by atoms with E-state index in [0.29, 0.717) is 6.54 Å². The van der Waals surface area contributed by atoms with Crippen molar-refractivity contribution < 1.29 is 19.1 Å². The number of benzene rings is 2. The number of aromatic nitrogens is 3. The fourth-order valence-electron chi connectivity index (χ4n) is 8.92. The van der Waals surface area contributed by atoms with E-state index in [0.717, 1.165) is 51.3 Å². The first-order chi connectivity index (χ1) is 23.5. The summed E-state index contributed by atoms with van der Waals surface area (Å²) in [6.45, 7) is 5.64. The first kappa shape index (κ1) is 32.9. The van der Waals surface area contributed by atoms with Crippen LogP contribution in [0.4, 0.5) is 4.79 Å². The highest BCUT2D eigenvalue weighted by Crippen LogP contribution is 2.60. The Labute approximate surface area is 287 Å². The maximum absolute atomic E-state index is 14.1. The molecule has 0 spiro atoms. The largest absolute Gasteiger partial charge is 0.444 e. The van der Waals surface area contributed by atoms with Crippen molar-refractivity contribution >= 4 is 28.8 Å². The van der Waals surface area contributed by atoms with Gasteiger partial charge in [0.15, 0.2) is 0 Å². The number of para-hydroxylation sites is 1. The van der Waals surface area contributed by atoms with E-state index < -0.39 is 29.7 Å². The molecule has 4 aromatic rings. The molecule has 10 heteroatoms. The third-order valence-corrected chi connectivity index (χ3v) is 10.6. The summed E-state index contributed by atoms with van der Waals surface area (Å²) in [6.07, 6.45) is 11.0. The van der Waals surface area contributed by atoms with Crippen LogP contribution < -0.4 is 16.0 Å². The summed E-state index contributed by atoms with van der Waals surface area (Å²) in [6, 6.07) is 15.6. The molecule has 2 heterocycles. The van der Waals surface area contributed by atoms with Crippen LogP contribution in [0.1, 0.15) is 81.9 Å². The molecule has 4 aliphatic carbocycles. The minimum Gasteiger partial charge on any atom is -0.444 e. The molecular formula is C39H48N6O4. The Kier molecular flexibility index (Phi) is 8.98. The molecule has 4 aliphatic rings. The number of hydrogen-bond donors (Lipinski definition) is 5. The van der Waals surface area contributed by atoms with E-state index in [1.807, 2.05) is 67.0 Å². The van der Waals surface area contributed by atoms with Crippen molar-refractivity contribution in [2.45, 2.75) is 102 Å². The van der Waals surface area contributed by atoms with Crippen LogP contribution in [0.3, 0.4) is 0 Å². The summed E-state index contributed by atoms with van der Waals surface area (Å²) in [5.74, 6) is 2.58. The molecule has 0 saturated heterocycles. The molecule has 2 atom stereocenters. The fraction of sp³-hybridized carbons (Fsp3) is 0.487. The number of ether oxygens (including phenoxy) is 1. The predicted molar refractivity (Wildman–Crippen MR) is 188 cm³/mol. The van der Waals surface area contributed by atoms with Crippen LogP contribution in [0.5, 0.6) is 0 Å². The molecule has 0 unspecified atom stereocenters. The number of aromatic amines is 2. The zero-order valence-electron chi connectivity index (χ0n) is 28.7. The Morgan fingerprint density at radius 1 is 0.878 bits per heavy atom. The van der Waals surface area contributed by atoms with Crippen molar-refractivity contribution in [2.75, 3.05) is 0 Å². The number of rotatable bonds is 11. The third-order valence-electron chi connectivity index (χ3n) is 10.6. The van der Waals surface area contributed by atoms with Crippen molar-refractivity contribution in [3.05, 3.63) is 89.6 Å². The number of nitrogens with one attached hydrogen (secondary N) is 5. The molecule has 0 radical (unpaired) electrons. The Balaban J connectivity index is 1.12. The fourth-order valence-corrected chi connectivity index (χ4v) is 8.92. The molecule has 4 bridgehead atoms. The van der Waals surface area contributed by atoms with E-state index in [9.17, 15) is 14.4 Å². The summed E-state index contributed by atoms with van der Waals surface area (Å²) in [5, 5.41) is 9.75. The van der Waals surface area contributed by atoms with Gasteiger partial charge in [-0.25, -0.2) is 9.78 Å². The summed E-state index contributed by atoms with van der Waals surface area (Å²) >= 11 is 0. The minimum atomic E-state index is -0.997. The van der Waals surface area contributed by atoms with Gasteiger partial charge in [-0.05, 0) is 94.2 Å². The second kappa shape index (κ2) is 13.4. The number of nitrogens with zero attached hydrogens (tertiary/aromatic N) is 1. The summed E-state index contributed by atoms with van der Waals surface area (Å²) in [5.41, 5.74) is 2.89. The molecule has 4 fully saturated rings. The molecule has 8 rings (SSSR count). The number of H-pyrrole nitrogens is 2. The summed E-state index contributed by atoms with van der Waals surface area (Å²) < 4.78 is 5.53. The third kappa shape index (κ3) is 7.53. The maximum Gasteiger partial charge on any atom is 0.408 e. The molecule has 49 heavy (non-hydrogen) atoms. The van der Waals surface area contributed by atoms with Crippen LogP contribution >= 0.6 is 0 Å². The second-order valence-electron chi connectivity index (χ2n) is 15.7. The van der Waals surface area contributed by atoms with Crippen LogP contribution in [0.25, 0.3) is 10.9 Å². The number of carbonyl (C=O) groups is 3. The van der Waals surface area contributed by atoms with E-state index in [1.165, 1.54) is 38.5 Å². The highest BCUT2D eigenvalue weighted by Gasteiger charge is 2.53. The van der Waals surface area contributed by atoms with Crippen LogP contribution in [-0.2, 0) is 39.1 Å². The topological polar surface area (TPSA) is 141 Å². The van der Waals surface area contributed by atoms with Crippen molar-refractivity contribution in [3.8, 4) is 0 Å². The van der Waals surface area contributed by atoms with Crippen LogP contribution in [0, 0.1) is 17.8 Å². The van der Waals surface area contributed by atoms with Crippen molar-refractivity contribution in [3.63, 3.8) is 0 Å². The quantitative estimate of drug-likeness (QED) is 0.137. The Bertz CT molecular complexity index is 1770. The molecule has 3 amide bonds. The van der Waals surface area contributed by atoms with E-state index in [1.54, 1.807) is 20.8 Å².